The van der Waals surface area contributed by atoms with Crippen LogP contribution in [0.2, 0.25) is 0 Å². The van der Waals surface area contributed by atoms with E-state index in [1.807, 2.05) is 24.4 Å². The smallest absolute Gasteiger partial charge is 0.0908 e. The van der Waals surface area contributed by atoms with Crippen molar-refractivity contribution < 1.29 is 0 Å². The number of aliphatic imine (C=N–C) groups is 1. The fourth-order valence-electron chi connectivity index (χ4n) is 1.13. The first-order valence-electron chi connectivity index (χ1n) is 4.23. The molecular weight excluding hydrogens is 160 g/mol. The van der Waals surface area contributed by atoms with E-state index in [1.165, 1.54) is 17.2 Å². The van der Waals surface area contributed by atoms with Gasteiger partial charge in [-0.1, -0.05) is 17.7 Å². The van der Waals surface area contributed by atoms with Crippen LogP contribution in [0.15, 0.2) is 40.4 Å². The molecule has 2 nitrogen and oxygen atoms in total. The van der Waals surface area contributed by atoms with Gasteiger partial charge in [-0.15, -0.1) is 0 Å². The molecule has 2 heteroatoms. The second kappa shape index (κ2) is 5.10. The summed E-state index contributed by atoms with van der Waals surface area (Å²) in [5.74, 6) is 0. The summed E-state index contributed by atoms with van der Waals surface area (Å²) >= 11 is 0. The van der Waals surface area contributed by atoms with Gasteiger partial charge in [0.25, 0.3) is 0 Å². The van der Waals surface area contributed by atoms with Crippen molar-refractivity contribution >= 4 is 6.21 Å². The third kappa shape index (κ3) is 3.53. The van der Waals surface area contributed by atoms with Crippen LogP contribution >= 0.6 is 0 Å². The molecule has 0 bridgehead atoms. The predicted molar refractivity (Wildman–Crippen MR) is 54.6 cm³/mol. The molecule has 66 valence electrons. The minimum absolute atomic E-state index is 0.780. The van der Waals surface area contributed by atoms with Crippen LogP contribution in [0.4, 0.5) is 0 Å². The third-order valence-electron chi connectivity index (χ3n) is 1.71. The van der Waals surface area contributed by atoms with E-state index >= 15 is 0 Å². The standard InChI is InChI=1S/C11H12N2/c1-10-8-11(4-2-3-6-12)5-7-13-9-10/h2-3,5,7-8H,4,9H2,1H3/b3-2+. The summed E-state index contributed by atoms with van der Waals surface area (Å²) in [5.41, 5.74) is 2.45. The Bertz CT molecular complexity index is 324. The van der Waals surface area contributed by atoms with Gasteiger partial charge in [0, 0.05) is 12.3 Å². The number of hydrogen-bond acceptors (Lipinski definition) is 2. The van der Waals surface area contributed by atoms with Gasteiger partial charge in [0.05, 0.1) is 12.6 Å². The lowest BCUT2D eigenvalue weighted by molar-refractivity contribution is 1.14. The van der Waals surface area contributed by atoms with E-state index in [4.69, 9.17) is 5.26 Å². The van der Waals surface area contributed by atoms with E-state index < -0.39 is 0 Å². The van der Waals surface area contributed by atoms with E-state index in [2.05, 4.69) is 18.0 Å². The van der Waals surface area contributed by atoms with Crippen LogP contribution in [0.3, 0.4) is 0 Å². The maximum absolute atomic E-state index is 8.31. The Labute approximate surface area is 78.6 Å². The molecule has 0 saturated carbocycles. The lowest BCUT2D eigenvalue weighted by Crippen LogP contribution is -1.81. The van der Waals surface area contributed by atoms with E-state index in [1.54, 1.807) is 0 Å². The molecular formula is C11H12N2. The molecule has 0 spiro atoms. The Kier molecular flexibility index (Phi) is 3.72. The van der Waals surface area contributed by atoms with Gasteiger partial charge >= 0.3 is 0 Å². The number of hydrogen-bond donors (Lipinski definition) is 0. The molecule has 13 heavy (non-hydrogen) atoms. The summed E-state index contributed by atoms with van der Waals surface area (Å²) in [6, 6.07) is 1.97. The molecule has 0 aromatic heterocycles. The molecule has 1 heterocycles. The minimum Gasteiger partial charge on any atom is -0.289 e. The van der Waals surface area contributed by atoms with Crippen LogP contribution < -0.4 is 0 Å². The van der Waals surface area contributed by atoms with Crippen molar-refractivity contribution in [1.29, 1.82) is 5.26 Å². The first kappa shape index (κ1) is 9.47. The fourth-order valence-corrected chi connectivity index (χ4v) is 1.13. The summed E-state index contributed by atoms with van der Waals surface area (Å²) in [6.45, 7) is 2.84. The van der Waals surface area contributed by atoms with Gasteiger partial charge in [-0.2, -0.15) is 5.26 Å². The zero-order chi connectivity index (χ0) is 9.52. The monoisotopic (exact) mass is 172 g/mol. The number of rotatable bonds is 2. The van der Waals surface area contributed by atoms with Gasteiger partial charge in [0.15, 0.2) is 0 Å². The van der Waals surface area contributed by atoms with Crippen LogP contribution in [-0.4, -0.2) is 12.8 Å². The average Bonchev–Trinajstić information content (AvgIpc) is 2.31. The minimum atomic E-state index is 0.780. The summed E-state index contributed by atoms with van der Waals surface area (Å²) in [5, 5.41) is 8.31. The molecule has 0 atom stereocenters. The van der Waals surface area contributed by atoms with Gasteiger partial charge < -0.3 is 0 Å². The molecule has 0 aliphatic carbocycles. The van der Waals surface area contributed by atoms with E-state index in [0.29, 0.717) is 0 Å². The van der Waals surface area contributed by atoms with Crippen molar-refractivity contribution in [3.8, 4) is 6.07 Å². The van der Waals surface area contributed by atoms with Gasteiger partial charge in [-0.05, 0) is 25.0 Å². The highest BCUT2D eigenvalue weighted by Crippen LogP contribution is 2.10. The average molecular weight is 172 g/mol. The van der Waals surface area contributed by atoms with Gasteiger partial charge in [0.2, 0.25) is 0 Å². The Balaban J connectivity index is 2.63. The molecule has 0 fully saturated rings. The second-order valence-corrected chi connectivity index (χ2v) is 2.96. The van der Waals surface area contributed by atoms with Crippen LogP contribution in [0.25, 0.3) is 0 Å². The molecule has 0 aromatic carbocycles. The lowest BCUT2D eigenvalue weighted by atomic mass is 10.1. The Morgan fingerprint density at radius 3 is 3.31 bits per heavy atom. The van der Waals surface area contributed by atoms with Gasteiger partial charge in [-0.25, -0.2) is 0 Å². The van der Waals surface area contributed by atoms with Gasteiger partial charge in [0.1, 0.15) is 0 Å². The first-order valence-corrected chi connectivity index (χ1v) is 4.23. The summed E-state index contributed by atoms with van der Waals surface area (Å²) in [6.07, 6.45) is 10.1. The SMILES string of the molecule is CC1=CC(C/C=C/C#N)=CC=NC1. The van der Waals surface area contributed by atoms with Crippen molar-refractivity contribution in [2.24, 2.45) is 4.99 Å². The van der Waals surface area contributed by atoms with Crippen molar-refractivity contribution in [3.05, 3.63) is 35.5 Å². The molecule has 0 N–H and O–H groups in total. The summed E-state index contributed by atoms with van der Waals surface area (Å²) < 4.78 is 0. The predicted octanol–water partition coefficient (Wildman–Crippen LogP) is 2.41. The molecule has 1 aliphatic rings. The Morgan fingerprint density at radius 2 is 2.54 bits per heavy atom. The molecule has 0 aromatic rings. The maximum atomic E-state index is 8.31. The molecule has 0 amide bonds. The summed E-state index contributed by atoms with van der Waals surface area (Å²) in [7, 11) is 0. The first-order chi connectivity index (χ1) is 6.33. The quantitative estimate of drug-likeness (QED) is 0.589. The molecule has 0 unspecified atom stereocenters. The molecule has 1 rings (SSSR count). The zero-order valence-corrected chi connectivity index (χ0v) is 7.70. The van der Waals surface area contributed by atoms with Crippen LogP contribution in [0, 0.1) is 11.3 Å². The second-order valence-electron chi connectivity index (χ2n) is 2.96. The molecule has 1 aliphatic heterocycles. The van der Waals surface area contributed by atoms with Crippen molar-refractivity contribution in [1.82, 2.24) is 0 Å². The number of allylic oxidation sites excluding steroid dienone is 5. The van der Waals surface area contributed by atoms with Crippen LogP contribution in [-0.2, 0) is 0 Å². The molecule has 0 radical (unpaired) electrons. The number of nitrogens with zero attached hydrogens (tertiary/aromatic N) is 2. The molecule has 0 saturated heterocycles. The maximum Gasteiger partial charge on any atom is 0.0908 e. The lowest BCUT2D eigenvalue weighted by Gasteiger charge is -1.95. The van der Waals surface area contributed by atoms with E-state index in [9.17, 15) is 0 Å². The van der Waals surface area contributed by atoms with Crippen LogP contribution in [0.5, 0.6) is 0 Å². The van der Waals surface area contributed by atoms with Crippen LogP contribution in [0.1, 0.15) is 13.3 Å². The van der Waals surface area contributed by atoms with Crippen molar-refractivity contribution in [3.63, 3.8) is 0 Å². The van der Waals surface area contributed by atoms with Crippen molar-refractivity contribution in [2.75, 3.05) is 6.54 Å². The Morgan fingerprint density at radius 1 is 1.69 bits per heavy atom. The van der Waals surface area contributed by atoms with E-state index in [-0.39, 0.29) is 0 Å². The van der Waals surface area contributed by atoms with E-state index in [0.717, 1.165) is 13.0 Å². The fraction of sp³-hybridized carbons (Fsp3) is 0.273. The highest BCUT2D eigenvalue weighted by molar-refractivity contribution is 5.74. The number of nitriles is 1. The highest BCUT2D eigenvalue weighted by Gasteiger charge is 1.95. The largest absolute Gasteiger partial charge is 0.289 e. The normalized spacial score (nSPS) is 16.3. The highest BCUT2D eigenvalue weighted by atomic mass is 14.7. The summed E-state index contributed by atoms with van der Waals surface area (Å²) in [4.78, 5) is 4.17. The zero-order valence-electron chi connectivity index (χ0n) is 7.70. The third-order valence-corrected chi connectivity index (χ3v) is 1.71. The van der Waals surface area contributed by atoms with Gasteiger partial charge in [-0.3, -0.25) is 4.99 Å². The Hall–Kier alpha value is -1.62. The van der Waals surface area contributed by atoms with Crippen molar-refractivity contribution in [2.45, 2.75) is 13.3 Å². The topological polar surface area (TPSA) is 36.1 Å².